The Bertz CT molecular complexity index is 1910. The van der Waals surface area contributed by atoms with Gasteiger partial charge in [0.2, 0.25) is 15.9 Å². The molecule has 2 saturated carbocycles. The quantitative estimate of drug-likeness (QED) is 0.403. The van der Waals surface area contributed by atoms with Crippen LogP contribution in [0.25, 0.3) is 22.2 Å². The zero-order chi connectivity index (χ0) is 32.8. The summed E-state index contributed by atoms with van der Waals surface area (Å²) in [4.78, 5) is 30.2. The molecule has 3 unspecified atom stereocenters. The number of sulfonamides is 1. The lowest BCUT2D eigenvalue weighted by Crippen LogP contribution is -2.41. The molecule has 3 atom stereocenters. The summed E-state index contributed by atoms with van der Waals surface area (Å²) in [6.07, 6.45) is 7.51. The van der Waals surface area contributed by atoms with Crippen LogP contribution in [0.1, 0.15) is 72.3 Å². The van der Waals surface area contributed by atoms with E-state index in [1.807, 2.05) is 18.2 Å². The van der Waals surface area contributed by atoms with Gasteiger partial charge in [0.1, 0.15) is 5.75 Å². The Kier molecular flexibility index (Phi) is 7.05. The molecule has 48 heavy (non-hydrogen) atoms. The maximum atomic E-state index is 14.7. The maximum Gasteiger partial charge on any atom is 0.264 e. The Morgan fingerprint density at radius 1 is 0.979 bits per heavy atom. The number of carbonyl (C=O) groups is 2. The number of amides is 2. The molecule has 0 bridgehead atoms. The fraction of sp³-hybridized carbons (Fsp3) is 0.568. The monoisotopic (exact) mass is 672 g/mol. The summed E-state index contributed by atoms with van der Waals surface area (Å²) in [5.41, 5.74) is 5.75. The van der Waals surface area contributed by atoms with Gasteiger partial charge in [-0.05, 0) is 79.5 Å². The van der Waals surface area contributed by atoms with E-state index in [1.54, 1.807) is 13.2 Å². The predicted molar refractivity (Wildman–Crippen MR) is 181 cm³/mol. The molecule has 6 aliphatic rings. The number of nitrogens with zero attached hydrogens (tertiary/aromatic N) is 2. The number of hydrogen-bond acceptors (Lipinski definition) is 7. The first kappa shape index (κ1) is 30.6. The fourth-order valence-corrected chi connectivity index (χ4v) is 11.1. The standard InChI is InChI=1S/C37H44N4O6S/c1-46-27-8-12-29-25(14-27)13-26(35(43)40-19-36-17-38-18-37(36,20-40)22-47-21-36)16-41-31-15-24(34(42)39-48(44,45)28-9-10-28)7-11-30(31)32(33(29)41)23-5-3-2-4-6-23/h7-8,11-12,14-15,23,26,28,38H,2-6,9-10,13,16-22H2,1H3,(H,39,42). The highest BCUT2D eigenvalue weighted by Crippen LogP contribution is 2.54. The lowest BCUT2D eigenvalue weighted by Gasteiger charge is -2.27. The maximum absolute atomic E-state index is 14.7. The molecular weight excluding hydrogens is 628 g/mol. The second kappa shape index (κ2) is 11.1. The van der Waals surface area contributed by atoms with E-state index in [9.17, 15) is 18.0 Å². The van der Waals surface area contributed by atoms with Gasteiger partial charge in [0.05, 0.1) is 37.2 Å². The molecule has 3 saturated heterocycles. The van der Waals surface area contributed by atoms with Gasteiger partial charge in [0.15, 0.2) is 0 Å². The van der Waals surface area contributed by atoms with Gasteiger partial charge in [-0.15, -0.1) is 0 Å². The van der Waals surface area contributed by atoms with Crippen molar-refractivity contribution in [1.29, 1.82) is 0 Å². The topological polar surface area (TPSA) is 119 Å². The van der Waals surface area contributed by atoms with Crippen LogP contribution in [-0.4, -0.2) is 81.5 Å². The van der Waals surface area contributed by atoms with Gasteiger partial charge >= 0.3 is 0 Å². The molecule has 2 amide bonds. The molecule has 1 aromatic heterocycles. The number of hydrogen-bond donors (Lipinski definition) is 2. The summed E-state index contributed by atoms with van der Waals surface area (Å²) < 4.78 is 41.7. The van der Waals surface area contributed by atoms with Gasteiger partial charge in [-0.2, -0.15) is 0 Å². The number of fused-ring (bicyclic) bond motifs is 5. The van der Waals surface area contributed by atoms with Gasteiger partial charge in [0, 0.05) is 65.6 Å². The zero-order valence-electron chi connectivity index (χ0n) is 27.6. The lowest BCUT2D eigenvalue weighted by atomic mass is 9.71. The summed E-state index contributed by atoms with van der Waals surface area (Å²) in [5, 5.41) is 4.18. The van der Waals surface area contributed by atoms with Crippen LogP contribution in [0.2, 0.25) is 0 Å². The third kappa shape index (κ3) is 4.67. The van der Waals surface area contributed by atoms with Gasteiger partial charge in [-0.25, -0.2) is 13.1 Å². The second-order valence-corrected chi connectivity index (χ2v) is 17.4. The van der Waals surface area contributed by atoms with Crippen LogP contribution in [0.4, 0.5) is 0 Å². The number of aromatic nitrogens is 1. The van der Waals surface area contributed by atoms with Crippen molar-refractivity contribution in [1.82, 2.24) is 19.5 Å². The first-order valence-electron chi connectivity index (χ1n) is 17.7. The molecular formula is C37H44N4O6S. The Morgan fingerprint density at radius 2 is 1.73 bits per heavy atom. The number of nitrogens with one attached hydrogen (secondary N) is 2. The number of likely N-dealkylation sites (tertiary alicyclic amines) is 1. The van der Waals surface area contributed by atoms with Crippen LogP contribution < -0.4 is 14.8 Å². The van der Waals surface area contributed by atoms with Gasteiger partial charge in [0.25, 0.3) is 5.91 Å². The third-order valence-corrected chi connectivity index (χ3v) is 14.3. The minimum atomic E-state index is -3.69. The van der Waals surface area contributed by atoms with Crippen LogP contribution >= 0.6 is 0 Å². The van der Waals surface area contributed by atoms with Crippen molar-refractivity contribution in [2.24, 2.45) is 16.7 Å². The van der Waals surface area contributed by atoms with E-state index >= 15 is 0 Å². The van der Waals surface area contributed by atoms with Crippen LogP contribution in [-0.2, 0) is 32.5 Å². The number of methoxy groups -OCH3 is 1. The normalized spacial score (nSPS) is 28.4. The molecule has 3 aromatic rings. The predicted octanol–water partition coefficient (Wildman–Crippen LogP) is 4.21. The first-order valence-corrected chi connectivity index (χ1v) is 19.2. The van der Waals surface area contributed by atoms with Crippen molar-refractivity contribution < 1.29 is 27.5 Å². The molecule has 5 fully saturated rings. The second-order valence-electron chi connectivity index (χ2n) is 15.4. The van der Waals surface area contributed by atoms with Crippen LogP contribution in [0.3, 0.4) is 0 Å². The zero-order valence-corrected chi connectivity index (χ0v) is 28.4. The van der Waals surface area contributed by atoms with Crippen LogP contribution in [0.5, 0.6) is 5.75 Å². The summed E-state index contributed by atoms with van der Waals surface area (Å²) in [6.45, 7) is 5.00. The van der Waals surface area contributed by atoms with Crippen LogP contribution in [0.15, 0.2) is 36.4 Å². The van der Waals surface area contributed by atoms with Gasteiger partial charge < -0.3 is 24.3 Å². The molecule has 4 aliphatic heterocycles. The summed E-state index contributed by atoms with van der Waals surface area (Å²) >= 11 is 0. The van der Waals surface area contributed by atoms with Crippen molar-refractivity contribution in [2.45, 2.75) is 69.1 Å². The molecule has 11 heteroatoms. The molecule has 2 aliphatic carbocycles. The number of rotatable bonds is 6. The van der Waals surface area contributed by atoms with E-state index in [0.29, 0.717) is 63.6 Å². The Balaban J connectivity index is 1.17. The molecule has 0 spiro atoms. The van der Waals surface area contributed by atoms with E-state index in [-0.39, 0.29) is 22.7 Å². The molecule has 254 valence electrons. The third-order valence-electron chi connectivity index (χ3n) is 12.5. The fourth-order valence-electron chi connectivity index (χ4n) is 9.77. The average Bonchev–Trinajstić information content (AvgIpc) is 3.67. The van der Waals surface area contributed by atoms with Crippen molar-refractivity contribution in [3.63, 3.8) is 0 Å². The van der Waals surface area contributed by atoms with Crippen molar-refractivity contribution in [3.05, 3.63) is 53.1 Å². The smallest absolute Gasteiger partial charge is 0.264 e. The summed E-state index contributed by atoms with van der Waals surface area (Å²) in [7, 11) is -2.02. The minimum absolute atomic E-state index is 0.0307. The van der Waals surface area contributed by atoms with Crippen molar-refractivity contribution in [3.8, 4) is 17.0 Å². The molecule has 2 N–H and O–H groups in total. The van der Waals surface area contributed by atoms with E-state index in [0.717, 1.165) is 59.4 Å². The van der Waals surface area contributed by atoms with Crippen molar-refractivity contribution >= 4 is 32.7 Å². The molecule has 0 radical (unpaired) electrons. The average molecular weight is 673 g/mol. The van der Waals surface area contributed by atoms with E-state index in [1.165, 1.54) is 24.8 Å². The highest BCUT2D eigenvalue weighted by molar-refractivity contribution is 7.91. The Hall–Kier alpha value is -3.41. The first-order chi connectivity index (χ1) is 23.2. The minimum Gasteiger partial charge on any atom is -0.497 e. The molecule has 10 nitrogen and oxygen atoms in total. The highest BCUT2D eigenvalue weighted by atomic mass is 32.2. The number of ether oxygens (including phenoxy) is 2. The Labute approximate surface area is 281 Å². The van der Waals surface area contributed by atoms with E-state index < -0.39 is 21.2 Å². The van der Waals surface area contributed by atoms with Gasteiger partial charge in [-0.1, -0.05) is 25.3 Å². The number of carbonyl (C=O) groups excluding carboxylic acids is 2. The Morgan fingerprint density at radius 3 is 2.44 bits per heavy atom. The highest BCUT2D eigenvalue weighted by Gasteiger charge is 2.65. The largest absolute Gasteiger partial charge is 0.497 e. The lowest BCUT2D eigenvalue weighted by molar-refractivity contribution is -0.136. The molecule has 9 rings (SSSR count). The summed E-state index contributed by atoms with van der Waals surface area (Å²) in [6, 6.07) is 11.9. The van der Waals surface area contributed by atoms with E-state index in [4.69, 9.17) is 9.47 Å². The SMILES string of the molecule is COc1ccc2c(c1)CC(C(=O)N1CC34CNCC3(COC4)C1)Cn1c-2c(C2CCCCC2)c2ccc(C(=O)NS(=O)(=O)C3CC3)cc21. The summed E-state index contributed by atoms with van der Waals surface area (Å²) in [5.74, 6) is 0.371. The molecule has 5 heterocycles. The van der Waals surface area contributed by atoms with E-state index in [2.05, 4.69) is 31.6 Å². The molecule has 2 aromatic carbocycles. The van der Waals surface area contributed by atoms with Gasteiger partial charge in [-0.3, -0.25) is 9.59 Å². The van der Waals surface area contributed by atoms with Crippen LogP contribution in [0, 0.1) is 16.7 Å². The number of benzene rings is 2. The van der Waals surface area contributed by atoms with Crippen molar-refractivity contribution in [2.75, 3.05) is 46.5 Å².